The van der Waals surface area contributed by atoms with Crippen LogP contribution >= 0.6 is 0 Å². The molecular weight excluding hydrogens is 736 g/mol. The second-order valence-corrected chi connectivity index (χ2v) is 12.0. The van der Waals surface area contributed by atoms with Crippen molar-refractivity contribution in [2.45, 2.75) is 59.8 Å². The van der Waals surface area contributed by atoms with E-state index >= 15 is 0 Å². The standard InChI is InChI=1S/C39H38N4O.Pt/c1-26(2)34-17-10-18-35(27(3)4)39(34)42-24-36(41-25-42)31-14-9-16-33(23-31)44-32-15-8-13-30(21-32)22-37-40-19-20-43(37)38-28(5)11-7-12-29(38)6;/h7-20,24-27H,22H2,1-6H3;/q-2;+2. The number of imidazole rings is 2. The molecule has 0 aliphatic carbocycles. The molecule has 0 N–H and O–H groups in total. The van der Waals surface area contributed by atoms with E-state index in [9.17, 15) is 0 Å². The van der Waals surface area contributed by atoms with Gasteiger partial charge in [0.2, 0.25) is 0 Å². The van der Waals surface area contributed by atoms with E-state index in [-0.39, 0.29) is 21.1 Å². The Hall–Kier alpha value is -4.21. The van der Waals surface area contributed by atoms with Gasteiger partial charge in [-0.15, -0.1) is 35.9 Å². The number of aryl methyl sites for hydroxylation is 2. The molecule has 0 unspecified atom stereocenters. The van der Waals surface area contributed by atoms with Gasteiger partial charge in [-0.25, -0.2) is 4.98 Å². The van der Waals surface area contributed by atoms with E-state index in [1.807, 2.05) is 49.1 Å². The molecule has 6 aromatic rings. The molecule has 0 saturated heterocycles. The Labute approximate surface area is 281 Å². The summed E-state index contributed by atoms with van der Waals surface area (Å²) in [5.74, 6) is 3.01. The van der Waals surface area contributed by atoms with Crippen LogP contribution in [0.1, 0.15) is 73.2 Å². The SMILES string of the molecule is Cc1cccc(C)c1-n1ccnc1Cc1[c-]c(Oc2[c-]c(-c3cn(-c4c(C(C)C)cccc4C(C)C)cn3)ccc2)ccc1.[Pt+2]. The molecule has 0 aliphatic heterocycles. The van der Waals surface area contributed by atoms with Crippen molar-refractivity contribution in [1.82, 2.24) is 19.1 Å². The third-order valence-electron chi connectivity index (χ3n) is 8.02. The zero-order chi connectivity index (χ0) is 30.8. The molecule has 4 aromatic carbocycles. The smallest absolute Gasteiger partial charge is 0.503 e. The van der Waals surface area contributed by atoms with Crippen LogP contribution < -0.4 is 4.74 Å². The maximum Gasteiger partial charge on any atom is 2.00 e. The first kappa shape index (κ1) is 32.2. The number of para-hydroxylation sites is 2. The Morgan fingerprint density at radius 2 is 1.36 bits per heavy atom. The molecule has 0 fully saturated rings. The van der Waals surface area contributed by atoms with Crippen molar-refractivity contribution >= 4 is 0 Å². The summed E-state index contributed by atoms with van der Waals surface area (Å²) < 4.78 is 10.6. The number of rotatable bonds is 9. The van der Waals surface area contributed by atoms with Gasteiger partial charge < -0.3 is 13.9 Å². The summed E-state index contributed by atoms with van der Waals surface area (Å²) in [6.07, 6.45) is 8.51. The van der Waals surface area contributed by atoms with E-state index in [0.29, 0.717) is 29.8 Å². The maximum atomic E-state index is 6.27. The topological polar surface area (TPSA) is 44.9 Å². The number of hydrogen-bond donors (Lipinski definition) is 0. The fourth-order valence-electron chi connectivity index (χ4n) is 5.85. The Balaban J connectivity index is 0.00000400. The molecule has 0 radical (unpaired) electrons. The van der Waals surface area contributed by atoms with Gasteiger partial charge >= 0.3 is 21.1 Å². The third kappa shape index (κ3) is 6.89. The predicted molar refractivity (Wildman–Crippen MR) is 177 cm³/mol. The molecule has 0 aliphatic rings. The molecule has 5 nitrogen and oxygen atoms in total. The van der Waals surface area contributed by atoms with Gasteiger partial charge in [-0.2, -0.15) is 17.7 Å². The van der Waals surface area contributed by atoms with Gasteiger partial charge in [0.1, 0.15) is 5.82 Å². The quantitative estimate of drug-likeness (QED) is 0.138. The normalized spacial score (nSPS) is 11.2. The van der Waals surface area contributed by atoms with Crippen molar-refractivity contribution in [3.05, 3.63) is 143 Å². The summed E-state index contributed by atoms with van der Waals surface area (Å²) in [7, 11) is 0. The predicted octanol–water partition coefficient (Wildman–Crippen LogP) is 9.57. The van der Waals surface area contributed by atoms with Crippen LogP contribution in [0.4, 0.5) is 0 Å². The van der Waals surface area contributed by atoms with E-state index < -0.39 is 0 Å². The number of ether oxygens (including phenoxy) is 1. The molecule has 230 valence electrons. The fraction of sp³-hybridized carbons (Fsp3) is 0.231. The Bertz CT molecular complexity index is 1870. The fourth-order valence-corrected chi connectivity index (χ4v) is 5.85. The summed E-state index contributed by atoms with van der Waals surface area (Å²) >= 11 is 0. The van der Waals surface area contributed by atoms with Crippen molar-refractivity contribution in [3.63, 3.8) is 0 Å². The van der Waals surface area contributed by atoms with Crippen molar-refractivity contribution in [1.29, 1.82) is 0 Å². The van der Waals surface area contributed by atoms with E-state index in [2.05, 4.69) is 116 Å². The molecule has 6 heteroatoms. The second kappa shape index (κ2) is 13.8. The Morgan fingerprint density at radius 3 is 2.04 bits per heavy atom. The van der Waals surface area contributed by atoms with Gasteiger partial charge in [0, 0.05) is 36.0 Å². The Morgan fingerprint density at radius 1 is 0.733 bits per heavy atom. The first-order valence-electron chi connectivity index (χ1n) is 15.3. The molecule has 0 saturated carbocycles. The van der Waals surface area contributed by atoms with Crippen molar-refractivity contribution < 1.29 is 25.8 Å². The summed E-state index contributed by atoms with van der Waals surface area (Å²) in [5, 5.41) is 0. The van der Waals surface area contributed by atoms with Crippen LogP contribution in [0.3, 0.4) is 0 Å². The first-order valence-corrected chi connectivity index (χ1v) is 15.3. The van der Waals surface area contributed by atoms with Crippen LogP contribution in [0.2, 0.25) is 0 Å². The number of benzene rings is 4. The van der Waals surface area contributed by atoms with Crippen LogP contribution in [0, 0.1) is 26.0 Å². The van der Waals surface area contributed by atoms with Crippen molar-refractivity contribution in [2.24, 2.45) is 0 Å². The second-order valence-electron chi connectivity index (χ2n) is 12.0. The average molecular weight is 774 g/mol. The summed E-state index contributed by atoms with van der Waals surface area (Å²) in [6.45, 7) is 13.2. The van der Waals surface area contributed by atoms with Gasteiger partial charge in [-0.1, -0.05) is 70.2 Å². The Kier molecular flexibility index (Phi) is 9.89. The van der Waals surface area contributed by atoms with E-state index in [4.69, 9.17) is 9.72 Å². The molecular formula is C39H38N4OPt. The average Bonchev–Trinajstić information content (AvgIpc) is 3.67. The van der Waals surface area contributed by atoms with E-state index in [1.54, 1.807) is 0 Å². The summed E-state index contributed by atoms with van der Waals surface area (Å²) in [4.78, 5) is 9.44. The number of aromatic nitrogens is 4. The minimum absolute atomic E-state index is 0. The van der Waals surface area contributed by atoms with Crippen LogP contribution in [-0.4, -0.2) is 19.1 Å². The molecule has 2 aromatic heterocycles. The van der Waals surface area contributed by atoms with E-state index in [0.717, 1.165) is 22.6 Å². The van der Waals surface area contributed by atoms with Gasteiger partial charge in [-0.3, -0.25) is 4.98 Å². The maximum absolute atomic E-state index is 6.27. The van der Waals surface area contributed by atoms with Crippen LogP contribution in [0.25, 0.3) is 22.6 Å². The molecule has 0 amide bonds. The van der Waals surface area contributed by atoms with E-state index in [1.165, 1.54) is 33.6 Å². The van der Waals surface area contributed by atoms with Crippen LogP contribution in [0.15, 0.2) is 97.7 Å². The monoisotopic (exact) mass is 773 g/mol. The minimum atomic E-state index is 0. The van der Waals surface area contributed by atoms with Gasteiger partial charge in [0.05, 0.1) is 17.7 Å². The largest absolute Gasteiger partial charge is 2.00 e. The van der Waals surface area contributed by atoms with Crippen molar-refractivity contribution in [2.75, 3.05) is 0 Å². The van der Waals surface area contributed by atoms with Crippen molar-refractivity contribution in [3.8, 4) is 34.1 Å². The molecule has 0 spiro atoms. The molecule has 2 heterocycles. The third-order valence-corrected chi connectivity index (χ3v) is 8.02. The van der Waals surface area contributed by atoms with Crippen LogP contribution in [-0.2, 0) is 27.5 Å². The van der Waals surface area contributed by atoms with Gasteiger partial charge in [0.15, 0.2) is 0 Å². The van der Waals surface area contributed by atoms with Crippen LogP contribution in [0.5, 0.6) is 11.5 Å². The molecule has 0 bridgehead atoms. The number of nitrogens with zero attached hydrogens (tertiary/aromatic N) is 4. The molecule has 0 atom stereocenters. The zero-order valence-corrected chi connectivity index (χ0v) is 28.9. The molecule has 45 heavy (non-hydrogen) atoms. The zero-order valence-electron chi connectivity index (χ0n) is 26.6. The molecule has 6 rings (SSSR count). The number of hydrogen-bond acceptors (Lipinski definition) is 3. The van der Waals surface area contributed by atoms with Gasteiger partial charge in [-0.05, 0) is 54.1 Å². The first-order chi connectivity index (χ1) is 21.3. The van der Waals surface area contributed by atoms with Gasteiger partial charge in [0.25, 0.3) is 0 Å². The minimum Gasteiger partial charge on any atom is -0.503 e. The summed E-state index contributed by atoms with van der Waals surface area (Å²) in [6, 6.07) is 31.7. The summed E-state index contributed by atoms with van der Waals surface area (Å²) in [5.41, 5.74) is 10.2.